The van der Waals surface area contributed by atoms with Gasteiger partial charge in [0.05, 0.1) is 69.6 Å². The summed E-state index contributed by atoms with van der Waals surface area (Å²) < 4.78 is 47.8. The molecule has 0 bridgehead atoms. The molecule has 0 aliphatic carbocycles. The van der Waals surface area contributed by atoms with Crippen LogP contribution in [0.1, 0.15) is 120 Å². The summed E-state index contributed by atoms with van der Waals surface area (Å²) in [6, 6.07) is 49.5. The number of carbonyl (C=O) groups is 5. The van der Waals surface area contributed by atoms with E-state index < -0.39 is 12.2 Å². The zero-order valence-electron chi connectivity index (χ0n) is 81.5. The summed E-state index contributed by atoms with van der Waals surface area (Å²) in [5.41, 5.74) is 24.1. The van der Waals surface area contributed by atoms with Crippen molar-refractivity contribution in [2.45, 2.75) is 91.4 Å². The Kier molecular flexibility index (Phi) is 26.9. The van der Waals surface area contributed by atoms with Crippen LogP contribution < -0.4 is 10.6 Å². The first-order valence-electron chi connectivity index (χ1n) is 49.5. The van der Waals surface area contributed by atoms with E-state index >= 15 is 0 Å². The van der Waals surface area contributed by atoms with Gasteiger partial charge in [0.1, 0.15) is 84.3 Å². The second-order valence-electron chi connectivity index (χ2n) is 37.6. The molecule has 6 aliphatic heterocycles. The number of hydrogen-bond acceptors (Lipinski definition) is 27. The van der Waals surface area contributed by atoms with Gasteiger partial charge >= 0.3 is 0 Å². The van der Waals surface area contributed by atoms with Crippen LogP contribution in [0.3, 0.4) is 0 Å². The van der Waals surface area contributed by atoms with Gasteiger partial charge in [-0.1, -0.05) is 30.3 Å². The highest BCUT2D eigenvalue weighted by molar-refractivity contribution is 5.98. The summed E-state index contributed by atoms with van der Waals surface area (Å²) in [6.07, 6.45) is 22.6. The number of oxazole rings is 5. The number of rotatable bonds is 19. The monoisotopic (exact) mass is 1960 g/mol. The lowest BCUT2D eigenvalue weighted by Crippen LogP contribution is -2.62. The molecule has 5 aromatic carbocycles. The Bertz CT molecular complexity index is 8090. The third-order valence-electron chi connectivity index (χ3n) is 27.6. The lowest BCUT2D eigenvalue weighted by molar-refractivity contribution is -0.0258. The molecule has 6 fully saturated rings. The Morgan fingerprint density at radius 1 is 0.322 bits per heavy atom. The third-order valence-corrected chi connectivity index (χ3v) is 27.6. The SMILES string of the molecule is Cc1nc2cc(-c3ccc4ncc(C(=O)N5CC(N6CCOCC6)C5)n4c3)ccc2o1.Cc1nc2cc(-c3ccc4ncc(C(=O)N5CC[C@@H](O)C5)n4c3)ccc2o1.Cc1nc2cc(-c3ccc4ncc(C(=O)N5CC[C@H](O)C5)n4c3)ccc2o1.Cc1nc2cc(-c3ccc4ncc(C(=O)NCCCN5CCCC5)n4c3)ccc2o1.Cc1nc2cc(-c3ccc4ncc(C(=O)NCCCN5CCOCC5)n4c3)ccc2o1. The zero-order valence-corrected chi connectivity index (χ0v) is 81.5. The van der Waals surface area contributed by atoms with Crippen molar-refractivity contribution in [2.24, 2.45) is 0 Å². The van der Waals surface area contributed by atoms with Gasteiger partial charge in [0.15, 0.2) is 57.4 Å². The fourth-order valence-electron chi connectivity index (χ4n) is 19.8. The summed E-state index contributed by atoms with van der Waals surface area (Å²) in [5, 5.41) is 25.5. The average molecular weight is 1970 g/mol. The van der Waals surface area contributed by atoms with Crippen LogP contribution in [0.2, 0.25) is 0 Å². The molecular formula is C109H109N23O14. The number of aryl methyl sites for hydroxylation is 5. The lowest BCUT2D eigenvalue weighted by Gasteiger charge is -2.46. The number of pyridine rings is 5. The van der Waals surface area contributed by atoms with Gasteiger partial charge in [-0.05, 0) is 242 Å². The normalized spacial score (nSPS) is 16.4. The van der Waals surface area contributed by atoms with Crippen LogP contribution in [0.4, 0.5) is 0 Å². The Balaban J connectivity index is 0.000000104. The first-order chi connectivity index (χ1) is 71.2. The van der Waals surface area contributed by atoms with Crippen LogP contribution in [0.15, 0.2) is 236 Å². The van der Waals surface area contributed by atoms with Crippen molar-refractivity contribution in [1.82, 2.24) is 112 Å². The Hall–Kier alpha value is -16.0. The molecule has 0 saturated carbocycles. The quantitative estimate of drug-likeness (QED) is 0.0546. The molecule has 37 heteroatoms. The van der Waals surface area contributed by atoms with E-state index in [1.54, 1.807) is 49.6 Å². The van der Waals surface area contributed by atoms with Gasteiger partial charge < -0.3 is 72.0 Å². The van der Waals surface area contributed by atoms with Crippen molar-refractivity contribution in [3.05, 3.63) is 272 Å². The van der Waals surface area contributed by atoms with Crippen LogP contribution in [-0.2, 0) is 9.47 Å². The number of morpholine rings is 2. The Labute approximate surface area is 836 Å². The first kappa shape index (κ1) is 94.9. The molecule has 0 spiro atoms. The molecule has 37 nitrogen and oxygen atoms in total. The molecule has 6 saturated heterocycles. The van der Waals surface area contributed by atoms with Gasteiger partial charge in [0, 0.05) is 150 Å². The first-order valence-corrected chi connectivity index (χ1v) is 49.5. The number of nitrogens with one attached hydrogen (secondary N) is 2. The largest absolute Gasteiger partial charge is 0.441 e. The minimum absolute atomic E-state index is 0.0248. The molecule has 26 rings (SSSR count). The van der Waals surface area contributed by atoms with Crippen LogP contribution in [0.25, 0.3) is 139 Å². The molecule has 20 aromatic rings. The molecule has 4 N–H and O–H groups in total. The predicted molar refractivity (Wildman–Crippen MR) is 547 cm³/mol. The summed E-state index contributed by atoms with van der Waals surface area (Å²) in [6.45, 7) is 25.2. The van der Waals surface area contributed by atoms with Crippen molar-refractivity contribution in [2.75, 3.05) is 131 Å². The fraction of sp³-hybridized carbons (Fsp3) is 0.312. The number of benzene rings is 5. The minimum atomic E-state index is -0.443. The van der Waals surface area contributed by atoms with Crippen molar-refractivity contribution in [3.63, 3.8) is 0 Å². The summed E-state index contributed by atoms with van der Waals surface area (Å²) in [7, 11) is 0. The molecule has 15 aromatic heterocycles. The van der Waals surface area contributed by atoms with Crippen molar-refractivity contribution in [1.29, 1.82) is 0 Å². The topological polar surface area (TPSA) is 404 Å². The maximum absolute atomic E-state index is 13.2. The molecule has 6 aliphatic rings. The third kappa shape index (κ3) is 20.4. The maximum Gasteiger partial charge on any atom is 0.272 e. The van der Waals surface area contributed by atoms with Crippen LogP contribution >= 0.6 is 0 Å². The number of imidazole rings is 5. The van der Waals surface area contributed by atoms with Gasteiger partial charge in [0.25, 0.3) is 29.5 Å². The second-order valence-corrected chi connectivity index (χ2v) is 37.6. The average Bonchev–Trinajstić information content (AvgIpc) is 1.21. The number of likely N-dealkylation sites (tertiary alicyclic amines) is 4. The molecule has 2 atom stereocenters. The van der Waals surface area contributed by atoms with E-state index in [1.165, 1.54) is 25.9 Å². The zero-order chi connectivity index (χ0) is 99.7. The number of nitrogens with zero attached hydrogens (tertiary/aromatic N) is 21. The van der Waals surface area contributed by atoms with Crippen molar-refractivity contribution >= 4 is 113 Å². The molecular weight excluding hydrogens is 1860 g/mol. The molecule has 0 radical (unpaired) electrons. The maximum atomic E-state index is 13.2. The van der Waals surface area contributed by atoms with Gasteiger partial charge in [-0.15, -0.1) is 0 Å². The van der Waals surface area contributed by atoms with Gasteiger partial charge in [-0.25, -0.2) is 49.8 Å². The van der Waals surface area contributed by atoms with E-state index in [-0.39, 0.29) is 29.5 Å². The van der Waals surface area contributed by atoms with Crippen LogP contribution in [0.5, 0.6) is 0 Å². The smallest absolute Gasteiger partial charge is 0.272 e. The van der Waals surface area contributed by atoms with E-state index in [0.29, 0.717) is 127 Å². The molecule has 0 unspecified atom stereocenters. The summed E-state index contributed by atoms with van der Waals surface area (Å²) in [5.74, 6) is 2.80. The van der Waals surface area contributed by atoms with E-state index in [4.69, 9.17) is 31.6 Å². The number of carbonyl (C=O) groups excluding carboxylic acids is 5. The Morgan fingerprint density at radius 3 is 0.897 bits per heavy atom. The van der Waals surface area contributed by atoms with Crippen LogP contribution in [-0.4, -0.2) is 290 Å². The van der Waals surface area contributed by atoms with Gasteiger partial charge in [-0.2, -0.15) is 0 Å². The predicted octanol–water partition coefficient (Wildman–Crippen LogP) is 14.5. The number of hydrogen-bond donors (Lipinski definition) is 4. The molecule has 146 heavy (non-hydrogen) atoms. The van der Waals surface area contributed by atoms with E-state index in [0.717, 1.165) is 220 Å². The Morgan fingerprint density at radius 2 is 0.596 bits per heavy atom. The van der Waals surface area contributed by atoms with Gasteiger partial charge in [-0.3, -0.25) is 55.8 Å². The number of amides is 5. The molecule has 5 amide bonds. The minimum Gasteiger partial charge on any atom is -0.441 e. The fourth-order valence-corrected chi connectivity index (χ4v) is 19.8. The van der Waals surface area contributed by atoms with Gasteiger partial charge in [0.2, 0.25) is 0 Å². The highest BCUT2D eigenvalue weighted by Crippen LogP contribution is 2.35. The van der Waals surface area contributed by atoms with Crippen molar-refractivity contribution in [3.8, 4) is 55.6 Å². The molecule has 21 heterocycles. The number of ether oxygens (including phenoxy) is 2. The number of aliphatic hydroxyl groups excluding tert-OH is 2. The standard InChI is InChI=1S/C23H23N5O3.C23H25N5O3.C23H25N5O2.2C20H18N4O3/c1-15-25-19-10-16(2-4-21(19)31-15)17-3-5-22-24-11-20(28(22)12-17)23(29)27-13-18(14-27)26-6-8-30-9-7-26;1-16-26-19-13-17(3-5-21(19)31-16)18-4-6-22-25-14-20(28(22)15-18)23(29)24-7-2-8-27-9-11-30-12-10-27;1-16-26-19-13-17(5-7-21(19)30-16)18-6-8-22-25-14-20(28(22)15-18)23(29)24-9-4-12-27-10-2-3-11-27;2*1-12-22-16-8-13(2-4-18(16)27-12)14-3-5-19-21-9-17(24(19)10-14)20(26)23-7-6-15(25)11-23/h2-5,10-12,18H,6-9,13-14H2,1H3;3-6,13-15H,2,7-12H2,1H3,(H,24,29);5-8,13-15H,2-4,9-12H2,1H3,(H,24,29);2*2-5,8-10,15,25H,6-7,11H2,1H3/t;;;2*15-/m...10/s1. The highest BCUT2D eigenvalue weighted by Gasteiger charge is 2.38. The number of fused-ring (bicyclic) bond motifs is 10. The van der Waals surface area contributed by atoms with E-state index in [9.17, 15) is 34.2 Å². The highest BCUT2D eigenvalue weighted by atomic mass is 16.5. The van der Waals surface area contributed by atoms with Crippen molar-refractivity contribution < 1.29 is 65.7 Å². The number of aliphatic hydroxyl groups is 2. The lowest BCUT2D eigenvalue weighted by atomic mass is 10.1. The molecule has 744 valence electrons. The second kappa shape index (κ2) is 41.4. The summed E-state index contributed by atoms with van der Waals surface area (Å²) >= 11 is 0. The van der Waals surface area contributed by atoms with E-state index in [2.05, 4.69) is 75.2 Å². The number of aromatic nitrogens is 15. The van der Waals surface area contributed by atoms with Crippen LogP contribution in [0, 0.1) is 34.6 Å². The summed E-state index contributed by atoms with van der Waals surface area (Å²) in [4.78, 5) is 121. The number of β-amino-alcohol motifs (C(OH)–C–C–N with tert-alkyl or cyclic N) is 2. The van der Waals surface area contributed by atoms with E-state index in [1.807, 2.05) is 235 Å².